The molecule has 1 atom stereocenters. The van der Waals surface area contributed by atoms with Crippen LogP contribution in [0.15, 0.2) is 72.9 Å². The molecule has 116 valence electrons. The molecule has 0 fully saturated rings. The van der Waals surface area contributed by atoms with Gasteiger partial charge < -0.3 is 0 Å². The van der Waals surface area contributed by atoms with Crippen LogP contribution in [0.25, 0.3) is 11.3 Å². The summed E-state index contributed by atoms with van der Waals surface area (Å²) in [6.07, 6.45) is 1.75. The lowest BCUT2D eigenvalue weighted by atomic mass is 9.91. The number of nitrogens with zero attached hydrogens (tertiary/aromatic N) is 1. The molecular formula is C22H23N. The van der Waals surface area contributed by atoms with E-state index < -0.39 is 11.8 Å². The highest BCUT2D eigenvalue weighted by atomic mass is 14.7. The van der Waals surface area contributed by atoms with E-state index >= 15 is 0 Å². The third-order valence-corrected chi connectivity index (χ3v) is 4.14. The molecule has 0 aliphatic heterocycles. The molecule has 0 N–H and O–H groups in total. The van der Waals surface area contributed by atoms with Gasteiger partial charge in [-0.3, -0.25) is 4.98 Å². The van der Waals surface area contributed by atoms with Crippen LogP contribution in [0, 0.1) is 0 Å². The molecule has 0 amide bonds. The zero-order valence-electron chi connectivity index (χ0n) is 15.9. The summed E-state index contributed by atoms with van der Waals surface area (Å²) >= 11 is 0. The SMILES string of the molecule is [2H]C(C)(C)c1ccnc(-c2cccc(C([2H])(C)c3ccccc3)c2)c1. The minimum absolute atomic E-state index is 0.663. The first kappa shape index (κ1) is 13.1. The number of benzene rings is 2. The van der Waals surface area contributed by atoms with Crippen LogP contribution in [-0.2, 0) is 0 Å². The molecule has 1 nitrogen and oxygen atoms in total. The molecule has 1 aromatic heterocycles. The average molecular weight is 303 g/mol. The number of hydrogen-bond donors (Lipinski definition) is 0. The standard InChI is InChI=1S/C22H23N/c1-16(2)19-12-13-23-22(15-19)21-11-7-10-20(14-21)17(3)18-8-5-4-6-9-18/h4-17H,1-3H3/i16D,17D. The molecule has 0 aliphatic carbocycles. The van der Waals surface area contributed by atoms with Crippen LogP contribution in [0.4, 0.5) is 0 Å². The number of aromatic nitrogens is 1. The highest BCUT2D eigenvalue weighted by molar-refractivity contribution is 5.61. The van der Waals surface area contributed by atoms with Crippen molar-refractivity contribution in [1.82, 2.24) is 4.98 Å². The molecule has 3 aromatic rings. The fourth-order valence-electron chi connectivity index (χ4n) is 2.67. The van der Waals surface area contributed by atoms with E-state index in [0.29, 0.717) is 0 Å². The molecule has 0 aliphatic rings. The van der Waals surface area contributed by atoms with Crippen molar-refractivity contribution < 1.29 is 2.74 Å². The highest BCUT2D eigenvalue weighted by Gasteiger charge is 2.10. The predicted octanol–water partition coefficient (Wildman–Crippen LogP) is 6.02. The Kier molecular flexibility index (Phi) is 3.85. The molecule has 0 spiro atoms. The second-order valence-corrected chi connectivity index (χ2v) is 6.00. The van der Waals surface area contributed by atoms with Gasteiger partial charge >= 0.3 is 0 Å². The maximum Gasteiger partial charge on any atom is 0.0704 e. The monoisotopic (exact) mass is 303 g/mol. The van der Waals surface area contributed by atoms with E-state index in [4.69, 9.17) is 2.74 Å². The lowest BCUT2D eigenvalue weighted by Crippen LogP contribution is -1.97. The van der Waals surface area contributed by atoms with Gasteiger partial charge in [-0.2, -0.15) is 0 Å². The molecule has 1 unspecified atom stereocenters. The van der Waals surface area contributed by atoms with Crippen molar-refractivity contribution in [2.24, 2.45) is 0 Å². The average Bonchev–Trinajstić information content (AvgIpc) is 2.62. The van der Waals surface area contributed by atoms with Crippen LogP contribution < -0.4 is 0 Å². The lowest BCUT2D eigenvalue weighted by molar-refractivity contribution is 0.863. The van der Waals surface area contributed by atoms with Gasteiger partial charge in [-0.25, -0.2) is 0 Å². The van der Waals surface area contributed by atoms with Crippen molar-refractivity contribution >= 4 is 0 Å². The largest absolute Gasteiger partial charge is 0.256 e. The minimum Gasteiger partial charge on any atom is -0.256 e. The summed E-state index contributed by atoms with van der Waals surface area (Å²) in [5.74, 6) is -1.49. The van der Waals surface area contributed by atoms with Crippen molar-refractivity contribution in [1.29, 1.82) is 0 Å². The van der Waals surface area contributed by atoms with Gasteiger partial charge in [0.1, 0.15) is 0 Å². The highest BCUT2D eigenvalue weighted by Crippen LogP contribution is 2.28. The first-order valence-corrected chi connectivity index (χ1v) is 7.91. The molecule has 0 saturated carbocycles. The Morgan fingerprint density at radius 2 is 1.52 bits per heavy atom. The van der Waals surface area contributed by atoms with Gasteiger partial charge in [-0.05, 0) is 40.8 Å². The predicted molar refractivity (Wildman–Crippen MR) is 97.7 cm³/mol. The van der Waals surface area contributed by atoms with E-state index in [1.54, 1.807) is 6.20 Å². The summed E-state index contributed by atoms with van der Waals surface area (Å²) in [5, 5.41) is 0. The number of pyridine rings is 1. The van der Waals surface area contributed by atoms with Crippen molar-refractivity contribution in [2.45, 2.75) is 32.6 Å². The van der Waals surface area contributed by atoms with Crippen LogP contribution >= 0.6 is 0 Å². The summed E-state index contributed by atoms with van der Waals surface area (Å²) in [6, 6.07) is 21.7. The Morgan fingerprint density at radius 3 is 2.26 bits per heavy atom. The summed E-state index contributed by atoms with van der Waals surface area (Å²) < 4.78 is 17.1. The van der Waals surface area contributed by atoms with Crippen LogP contribution in [0.3, 0.4) is 0 Å². The van der Waals surface area contributed by atoms with Gasteiger partial charge in [0.25, 0.3) is 0 Å². The second kappa shape index (κ2) is 6.78. The van der Waals surface area contributed by atoms with Gasteiger partial charge in [0.15, 0.2) is 0 Å². The normalized spacial score (nSPS) is 15.4. The number of rotatable bonds is 4. The maximum absolute atomic E-state index is 8.86. The Bertz CT molecular complexity index is 864. The quantitative estimate of drug-likeness (QED) is 0.574. The lowest BCUT2D eigenvalue weighted by Gasteiger charge is -2.14. The molecule has 1 heteroatoms. The third kappa shape index (κ3) is 3.50. The maximum atomic E-state index is 8.86. The molecule has 3 rings (SSSR count). The molecule has 0 radical (unpaired) electrons. The zero-order chi connectivity index (χ0) is 18.1. The summed E-state index contributed by atoms with van der Waals surface area (Å²) in [5.41, 5.74) is 4.62. The van der Waals surface area contributed by atoms with E-state index in [2.05, 4.69) is 4.98 Å². The van der Waals surface area contributed by atoms with E-state index in [1.807, 2.05) is 87.5 Å². The smallest absolute Gasteiger partial charge is 0.0704 e. The van der Waals surface area contributed by atoms with E-state index in [9.17, 15) is 0 Å². The van der Waals surface area contributed by atoms with Crippen molar-refractivity contribution in [3.63, 3.8) is 0 Å². The van der Waals surface area contributed by atoms with E-state index in [0.717, 1.165) is 27.9 Å². The first-order valence-electron chi connectivity index (χ1n) is 8.91. The van der Waals surface area contributed by atoms with Gasteiger partial charge in [0.2, 0.25) is 0 Å². The summed E-state index contributed by atoms with van der Waals surface area (Å²) in [7, 11) is 0. The molecule has 23 heavy (non-hydrogen) atoms. The molecule has 2 aromatic carbocycles. The summed E-state index contributed by atoms with van der Waals surface area (Å²) in [6.45, 7) is 5.66. The van der Waals surface area contributed by atoms with Crippen LogP contribution in [-0.4, -0.2) is 4.98 Å². The zero-order valence-corrected chi connectivity index (χ0v) is 13.9. The van der Waals surface area contributed by atoms with Crippen molar-refractivity contribution in [3.8, 4) is 11.3 Å². The van der Waals surface area contributed by atoms with Crippen molar-refractivity contribution in [2.75, 3.05) is 0 Å². The minimum atomic E-state index is -0.830. The van der Waals surface area contributed by atoms with Gasteiger partial charge in [-0.15, -0.1) is 0 Å². The summed E-state index contributed by atoms with van der Waals surface area (Å²) in [4.78, 5) is 4.47. The van der Waals surface area contributed by atoms with Crippen LogP contribution in [0.1, 0.15) is 52.0 Å². The third-order valence-electron chi connectivity index (χ3n) is 4.14. The van der Waals surface area contributed by atoms with Gasteiger partial charge in [0, 0.05) is 20.4 Å². The Balaban J connectivity index is 2.03. The Hall–Kier alpha value is -2.41. The van der Waals surface area contributed by atoms with Crippen molar-refractivity contribution in [3.05, 3.63) is 89.6 Å². The number of hydrogen-bond acceptors (Lipinski definition) is 1. The molecule has 0 bridgehead atoms. The van der Waals surface area contributed by atoms with Gasteiger partial charge in [0.05, 0.1) is 5.69 Å². The van der Waals surface area contributed by atoms with E-state index in [-0.39, 0.29) is 0 Å². The Labute approximate surface area is 141 Å². The topological polar surface area (TPSA) is 12.9 Å². The molecule has 1 heterocycles. The molecular weight excluding hydrogens is 278 g/mol. The van der Waals surface area contributed by atoms with Crippen LogP contribution in [0.5, 0.6) is 0 Å². The van der Waals surface area contributed by atoms with Crippen LogP contribution in [0.2, 0.25) is 0 Å². The second-order valence-electron chi connectivity index (χ2n) is 6.00. The molecule has 0 saturated heterocycles. The fourth-order valence-corrected chi connectivity index (χ4v) is 2.67. The first-order chi connectivity index (χ1) is 11.8. The van der Waals surface area contributed by atoms with Gasteiger partial charge in [-0.1, -0.05) is 69.3 Å². The van der Waals surface area contributed by atoms with E-state index in [1.165, 1.54) is 0 Å². The Morgan fingerprint density at radius 1 is 0.783 bits per heavy atom. The fraction of sp³-hybridized carbons (Fsp3) is 0.227.